The SMILES string of the molecule is CCOC(=O)COc1c(I)cc(/C=C2/SC(=O)N(CC(=O)N3CCCCC3)C2=O)cc1OC. The van der Waals surface area contributed by atoms with E-state index in [1.54, 1.807) is 30.0 Å². The molecule has 2 fully saturated rings. The van der Waals surface area contributed by atoms with E-state index in [0.29, 0.717) is 33.7 Å². The first-order valence-electron chi connectivity index (χ1n) is 10.5. The van der Waals surface area contributed by atoms with E-state index in [0.717, 1.165) is 35.9 Å². The molecule has 0 bridgehead atoms. The lowest BCUT2D eigenvalue weighted by molar-refractivity contribution is -0.145. The van der Waals surface area contributed by atoms with Crippen LogP contribution in [-0.2, 0) is 19.1 Å². The van der Waals surface area contributed by atoms with E-state index in [4.69, 9.17) is 14.2 Å². The summed E-state index contributed by atoms with van der Waals surface area (Å²) < 4.78 is 16.5. The van der Waals surface area contributed by atoms with Gasteiger partial charge in [-0.05, 0) is 84.3 Å². The zero-order valence-corrected chi connectivity index (χ0v) is 21.4. The van der Waals surface area contributed by atoms with Gasteiger partial charge in [0.2, 0.25) is 5.91 Å². The first-order valence-corrected chi connectivity index (χ1v) is 12.4. The first-order chi connectivity index (χ1) is 15.8. The van der Waals surface area contributed by atoms with Crippen molar-refractivity contribution in [2.24, 2.45) is 0 Å². The zero-order valence-electron chi connectivity index (χ0n) is 18.4. The van der Waals surface area contributed by atoms with Crippen LogP contribution in [0.5, 0.6) is 11.5 Å². The number of carbonyl (C=O) groups is 4. The summed E-state index contributed by atoms with van der Waals surface area (Å²) in [5.41, 5.74) is 0.618. The standard InChI is InChI=1S/C22H25IN2O7S/c1-3-31-19(27)13-32-20-15(23)9-14(10-16(20)30-2)11-17-21(28)25(22(29)33-17)12-18(26)24-7-5-4-6-8-24/h9-11H,3-8,12-13H2,1-2H3/b17-11+. The number of rotatable bonds is 8. The van der Waals surface area contributed by atoms with Crippen molar-refractivity contribution in [1.29, 1.82) is 0 Å². The molecule has 0 radical (unpaired) electrons. The summed E-state index contributed by atoms with van der Waals surface area (Å²) in [5, 5.41) is -0.465. The number of amides is 3. The maximum Gasteiger partial charge on any atom is 0.344 e. The quantitative estimate of drug-likeness (QED) is 0.259. The number of likely N-dealkylation sites (tertiary alicyclic amines) is 1. The van der Waals surface area contributed by atoms with Crippen molar-refractivity contribution in [2.75, 3.05) is 40.0 Å². The lowest BCUT2D eigenvalue weighted by Gasteiger charge is -2.27. The molecule has 2 aliphatic heterocycles. The Kier molecular flexibility index (Phi) is 9.01. The number of carbonyl (C=O) groups excluding carboxylic acids is 4. The highest BCUT2D eigenvalue weighted by atomic mass is 127. The van der Waals surface area contributed by atoms with Gasteiger partial charge in [-0.25, -0.2) is 4.79 Å². The van der Waals surface area contributed by atoms with Crippen LogP contribution in [0.4, 0.5) is 4.79 Å². The van der Waals surface area contributed by atoms with E-state index in [1.165, 1.54) is 7.11 Å². The Morgan fingerprint density at radius 3 is 2.58 bits per heavy atom. The van der Waals surface area contributed by atoms with Gasteiger partial charge in [0, 0.05) is 13.1 Å². The van der Waals surface area contributed by atoms with Gasteiger partial charge in [0.25, 0.3) is 11.1 Å². The maximum atomic E-state index is 12.8. The van der Waals surface area contributed by atoms with Crippen molar-refractivity contribution in [3.63, 3.8) is 0 Å². The van der Waals surface area contributed by atoms with Crippen LogP contribution in [0.25, 0.3) is 6.08 Å². The average molecular weight is 588 g/mol. The molecule has 0 saturated carbocycles. The minimum absolute atomic E-state index is 0.211. The monoisotopic (exact) mass is 588 g/mol. The van der Waals surface area contributed by atoms with Crippen molar-refractivity contribution >= 4 is 63.5 Å². The van der Waals surface area contributed by atoms with Crippen LogP contribution in [-0.4, -0.2) is 72.8 Å². The van der Waals surface area contributed by atoms with Crippen molar-refractivity contribution < 1.29 is 33.4 Å². The third-order valence-electron chi connectivity index (χ3n) is 5.06. The van der Waals surface area contributed by atoms with Crippen LogP contribution in [0, 0.1) is 3.57 Å². The highest BCUT2D eigenvalue weighted by Crippen LogP contribution is 2.37. The van der Waals surface area contributed by atoms with Crippen molar-refractivity contribution in [2.45, 2.75) is 26.2 Å². The van der Waals surface area contributed by atoms with Crippen molar-refractivity contribution in [1.82, 2.24) is 9.80 Å². The van der Waals surface area contributed by atoms with Crippen LogP contribution in [0.2, 0.25) is 0 Å². The van der Waals surface area contributed by atoms with E-state index >= 15 is 0 Å². The van der Waals surface area contributed by atoms with Gasteiger partial charge in [0.05, 0.1) is 22.2 Å². The number of methoxy groups -OCH3 is 1. The molecular formula is C22H25IN2O7S. The number of esters is 1. The van der Waals surface area contributed by atoms with E-state index in [2.05, 4.69) is 0 Å². The summed E-state index contributed by atoms with van der Waals surface area (Å²) in [7, 11) is 1.46. The predicted molar refractivity (Wildman–Crippen MR) is 131 cm³/mol. The molecule has 1 aromatic carbocycles. The molecule has 0 N–H and O–H groups in total. The smallest absolute Gasteiger partial charge is 0.344 e. The third-order valence-corrected chi connectivity index (χ3v) is 6.77. The summed E-state index contributed by atoms with van der Waals surface area (Å²) >= 11 is 2.84. The maximum absolute atomic E-state index is 12.8. The largest absolute Gasteiger partial charge is 0.493 e. The van der Waals surface area contributed by atoms with Gasteiger partial charge in [-0.2, -0.15) is 0 Å². The highest BCUT2D eigenvalue weighted by molar-refractivity contribution is 14.1. The molecule has 9 nitrogen and oxygen atoms in total. The highest BCUT2D eigenvalue weighted by Gasteiger charge is 2.37. The van der Waals surface area contributed by atoms with E-state index < -0.39 is 17.1 Å². The van der Waals surface area contributed by atoms with Crippen molar-refractivity contribution in [3.8, 4) is 11.5 Å². The molecule has 0 aromatic heterocycles. The van der Waals surface area contributed by atoms with Gasteiger partial charge in [0.1, 0.15) is 6.54 Å². The molecule has 178 valence electrons. The van der Waals surface area contributed by atoms with Crippen LogP contribution >= 0.6 is 34.4 Å². The topological polar surface area (TPSA) is 102 Å². The second-order valence-corrected chi connectivity index (χ2v) is 9.49. The van der Waals surface area contributed by atoms with Crippen molar-refractivity contribution in [3.05, 3.63) is 26.2 Å². The number of piperidine rings is 1. The Hall–Kier alpha value is -2.28. The zero-order chi connectivity index (χ0) is 24.0. The molecule has 1 aromatic rings. The second kappa shape index (κ2) is 11.7. The lowest BCUT2D eigenvalue weighted by Crippen LogP contribution is -2.44. The minimum atomic E-state index is -0.494. The molecule has 2 aliphatic rings. The Balaban J connectivity index is 1.73. The third kappa shape index (κ3) is 6.40. The fourth-order valence-corrected chi connectivity index (χ4v) is 5.08. The number of benzene rings is 1. The molecule has 33 heavy (non-hydrogen) atoms. The number of thioether (sulfide) groups is 1. The lowest BCUT2D eigenvalue weighted by atomic mass is 10.1. The fourth-order valence-electron chi connectivity index (χ4n) is 3.46. The summed E-state index contributed by atoms with van der Waals surface area (Å²) in [5.74, 6) is -0.447. The van der Waals surface area contributed by atoms with E-state index in [-0.39, 0.29) is 30.6 Å². The van der Waals surface area contributed by atoms with Gasteiger partial charge in [-0.3, -0.25) is 19.3 Å². The molecule has 0 spiro atoms. The summed E-state index contributed by atoms with van der Waals surface area (Å²) in [6.45, 7) is 2.78. The fraction of sp³-hybridized carbons (Fsp3) is 0.455. The van der Waals surface area contributed by atoms with Gasteiger partial charge < -0.3 is 19.1 Å². The molecule has 11 heteroatoms. The molecular weight excluding hydrogens is 563 g/mol. The first kappa shape index (κ1) is 25.3. The Morgan fingerprint density at radius 2 is 1.91 bits per heavy atom. The number of halogens is 1. The summed E-state index contributed by atoms with van der Waals surface area (Å²) in [4.78, 5) is 52.3. The Morgan fingerprint density at radius 1 is 1.18 bits per heavy atom. The van der Waals surface area contributed by atoms with Gasteiger partial charge in [-0.1, -0.05) is 0 Å². The van der Waals surface area contributed by atoms with Crippen LogP contribution in [0.15, 0.2) is 17.0 Å². The van der Waals surface area contributed by atoms with E-state index in [9.17, 15) is 19.2 Å². The number of nitrogens with zero attached hydrogens (tertiary/aromatic N) is 2. The number of imide groups is 1. The normalized spacial score (nSPS) is 17.5. The second-order valence-electron chi connectivity index (χ2n) is 7.34. The van der Waals surface area contributed by atoms with Crippen LogP contribution in [0.1, 0.15) is 31.7 Å². The minimum Gasteiger partial charge on any atom is -0.493 e. The Bertz CT molecular complexity index is 976. The molecule has 0 atom stereocenters. The van der Waals surface area contributed by atoms with Gasteiger partial charge in [-0.15, -0.1) is 0 Å². The van der Waals surface area contributed by atoms with Crippen LogP contribution in [0.3, 0.4) is 0 Å². The number of hydrogen-bond acceptors (Lipinski definition) is 8. The molecule has 0 aliphatic carbocycles. The van der Waals surface area contributed by atoms with Crippen LogP contribution < -0.4 is 9.47 Å². The molecule has 3 amide bonds. The molecule has 2 saturated heterocycles. The molecule has 3 rings (SSSR count). The average Bonchev–Trinajstić information content (AvgIpc) is 3.06. The molecule has 2 heterocycles. The molecule has 0 unspecified atom stereocenters. The Labute approximate surface area is 209 Å². The van der Waals surface area contributed by atoms with Gasteiger partial charge >= 0.3 is 5.97 Å². The summed E-state index contributed by atoms with van der Waals surface area (Å²) in [6.07, 6.45) is 4.54. The van der Waals surface area contributed by atoms with E-state index in [1.807, 2.05) is 22.6 Å². The number of ether oxygens (including phenoxy) is 3. The predicted octanol–water partition coefficient (Wildman–Crippen LogP) is 3.29. The summed E-state index contributed by atoms with van der Waals surface area (Å²) in [6, 6.07) is 3.39. The number of hydrogen-bond donors (Lipinski definition) is 0. The van der Waals surface area contributed by atoms with Gasteiger partial charge in [0.15, 0.2) is 18.1 Å².